The quantitative estimate of drug-likeness (QED) is 0.348. The summed E-state index contributed by atoms with van der Waals surface area (Å²) in [5.41, 5.74) is 0. The number of carbonyl (C=O) groups excluding carboxylic acids is 3. The molecule has 20 heavy (non-hydrogen) atoms. The summed E-state index contributed by atoms with van der Waals surface area (Å²) in [6.07, 6.45) is 1.10. The van der Waals surface area contributed by atoms with E-state index in [1.807, 2.05) is 19.0 Å². The Morgan fingerprint density at radius 1 is 1.20 bits per heavy atom. The number of nitrogens with zero attached hydrogens (tertiary/aromatic N) is 1. The van der Waals surface area contributed by atoms with Crippen LogP contribution in [0.25, 0.3) is 0 Å². The van der Waals surface area contributed by atoms with Gasteiger partial charge in [0.15, 0.2) is 0 Å². The van der Waals surface area contributed by atoms with Crippen molar-refractivity contribution in [1.29, 1.82) is 0 Å². The smallest absolute Gasteiger partial charge is 0.278 e. The molecule has 0 bridgehead atoms. The number of carbonyl (C=O) groups is 2. The largest absolute Gasteiger partial charge is 0.655 e. The van der Waals surface area contributed by atoms with Crippen molar-refractivity contribution >= 4 is 18.4 Å². The maximum atomic E-state index is 11.1. The molecule has 0 aromatic rings. The molecule has 0 aliphatic heterocycles. The maximum Gasteiger partial charge on any atom is 0.278 e. The van der Waals surface area contributed by atoms with E-state index in [1.54, 1.807) is 0 Å². The van der Waals surface area contributed by atoms with Crippen molar-refractivity contribution < 1.29 is 61.3 Å². The second-order valence-electron chi connectivity index (χ2n) is 3.63. The van der Waals surface area contributed by atoms with Gasteiger partial charge in [-0.25, -0.2) is 0 Å². The molecular formula is C12H21NO6Y-2. The minimum Gasteiger partial charge on any atom is -0.655 e. The van der Waals surface area contributed by atoms with Gasteiger partial charge in [0.05, 0.1) is 7.11 Å². The maximum absolute atomic E-state index is 11.1. The third-order valence-corrected chi connectivity index (χ3v) is 1.76. The van der Waals surface area contributed by atoms with Gasteiger partial charge in [0.1, 0.15) is 0 Å². The average Bonchev–Trinajstić information content (AvgIpc) is 2.38. The van der Waals surface area contributed by atoms with Gasteiger partial charge in [-0.2, -0.15) is 0 Å². The number of rotatable bonds is 8. The first-order chi connectivity index (χ1) is 8.97. The number of esters is 2. The molecule has 0 saturated heterocycles. The molecule has 0 spiro atoms. The van der Waals surface area contributed by atoms with Crippen molar-refractivity contribution in [1.82, 2.24) is 4.90 Å². The number of hydrogen-bond donors (Lipinski definition) is 0. The second kappa shape index (κ2) is 18.5. The molecule has 0 fully saturated rings. The molecule has 115 valence electrons. The zero-order valence-electron chi connectivity index (χ0n) is 12.4. The van der Waals surface area contributed by atoms with Crippen LogP contribution in [0.2, 0.25) is 0 Å². The van der Waals surface area contributed by atoms with E-state index in [0.29, 0.717) is 6.42 Å². The predicted octanol–water partition coefficient (Wildman–Crippen LogP) is 0.294. The van der Waals surface area contributed by atoms with Gasteiger partial charge in [0.25, 0.3) is 11.9 Å². The summed E-state index contributed by atoms with van der Waals surface area (Å²) in [7, 11) is 6.42. The summed E-state index contributed by atoms with van der Waals surface area (Å²) in [4.78, 5) is 32.5. The second-order valence-corrected chi connectivity index (χ2v) is 3.63. The van der Waals surface area contributed by atoms with Crippen LogP contribution in [0.3, 0.4) is 0 Å². The van der Waals surface area contributed by atoms with Crippen LogP contribution in [0.4, 0.5) is 0 Å². The zero-order chi connectivity index (χ0) is 15.1. The molecule has 7 nitrogen and oxygen atoms in total. The molecule has 0 amide bonds. The fourth-order valence-electron chi connectivity index (χ4n) is 0.885. The Balaban J connectivity index is -0.000000508. The monoisotopic (exact) mass is 364 g/mol. The van der Waals surface area contributed by atoms with E-state index >= 15 is 0 Å². The Hall–Kier alpha value is -0.526. The van der Waals surface area contributed by atoms with Crippen LogP contribution in [0, 0.1) is 6.61 Å². The van der Waals surface area contributed by atoms with Gasteiger partial charge in [-0.05, 0) is 33.5 Å². The van der Waals surface area contributed by atoms with Crippen LogP contribution in [0.15, 0.2) is 0 Å². The summed E-state index contributed by atoms with van der Waals surface area (Å²) in [6, 6.07) is 0. The van der Waals surface area contributed by atoms with Gasteiger partial charge >= 0.3 is 0 Å². The predicted molar refractivity (Wildman–Crippen MR) is 67.5 cm³/mol. The van der Waals surface area contributed by atoms with E-state index < -0.39 is 5.97 Å². The Bertz CT molecular complexity index is 260. The van der Waals surface area contributed by atoms with Crippen LogP contribution in [0.5, 0.6) is 0 Å². The summed E-state index contributed by atoms with van der Waals surface area (Å²) < 4.78 is 12.8. The number of hydrogen-bond acceptors (Lipinski definition) is 7. The molecular weight excluding hydrogens is 343 g/mol. The van der Waals surface area contributed by atoms with Gasteiger partial charge in [-0.15, -0.1) is 6.61 Å². The number of ether oxygens (including phenoxy) is 3. The van der Waals surface area contributed by atoms with Crippen molar-refractivity contribution in [3.63, 3.8) is 0 Å². The molecule has 0 aromatic heterocycles. The molecule has 0 heterocycles. The first-order valence-corrected chi connectivity index (χ1v) is 5.60. The molecule has 0 aliphatic rings. The summed E-state index contributed by atoms with van der Waals surface area (Å²) >= 11 is 0. The van der Waals surface area contributed by atoms with Gasteiger partial charge < -0.3 is 23.9 Å². The van der Waals surface area contributed by atoms with E-state index in [0.717, 1.165) is 13.0 Å². The standard InChI is InChI=1S/C10H18NO4.C2H3O2.Y/c1-11(2)7-4-5-10(13)15-8-6-9(12)14-3;1-4-2-3;/h8H,4-7H2,1-3H3;1H3;/q2*-1;. The molecule has 0 aliphatic carbocycles. The molecule has 8 heteroatoms. The zero-order valence-corrected chi connectivity index (χ0v) is 15.2. The Morgan fingerprint density at radius 3 is 2.15 bits per heavy atom. The van der Waals surface area contributed by atoms with Gasteiger partial charge in [-0.1, -0.05) is 6.47 Å². The molecule has 0 unspecified atom stereocenters. The van der Waals surface area contributed by atoms with Crippen LogP contribution >= 0.6 is 0 Å². The van der Waals surface area contributed by atoms with Crippen LogP contribution < -0.4 is 0 Å². The van der Waals surface area contributed by atoms with Gasteiger partial charge in [0.2, 0.25) is 0 Å². The van der Waals surface area contributed by atoms with Crippen molar-refractivity contribution in [3.8, 4) is 0 Å². The molecule has 0 rings (SSSR count). The van der Waals surface area contributed by atoms with Crippen LogP contribution in [0.1, 0.15) is 19.3 Å². The van der Waals surface area contributed by atoms with E-state index in [-0.39, 0.29) is 45.1 Å². The summed E-state index contributed by atoms with van der Waals surface area (Å²) in [5.74, 6) is -0.739. The fraction of sp³-hybridized carbons (Fsp3) is 0.667. The average molecular weight is 364 g/mol. The minimum absolute atomic E-state index is 0. The van der Waals surface area contributed by atoms with Crippen molar-refractivity contribution in [2.75, 3.05) is 34.9 Å². The van der Waals surface area contributed by atoms with Crippen LogP contribution in [-0.2, 0) is 61.3 Å². The SMILES string of the molecule is COC(=O)C[CH-]OC(=O)CCCN(C)C.CO[C-]=O.[Y]. The Labute approximate surface area is 145 Å². The molecule has 0 N–H and O–H groups in total. The Kier molecular flexibility index (Phi) is 22.6. The summed E-state index contributed by atoms with van der Waals surface area (Å²) in [6.45, 7) is 3.19. The van der Waals surface area contributed by atoms with Gasteiger partial charge in [-0.3, -0.25) is 9.59 Å². The summed E-state index contributed by atoms with van der Waals surface area (Å²) in [5, 5.41) is 0. The first kappa shape index (κ1) is 24.5. The van der Waals surface area contributed by atoms with E-state index in [4.69, 9.17) is 9.53 Å². The first-order valence-electron chi connectivity index (χ1n) is 5.60. The molecule has 0 aromatic carbocycles. The third-order valence-electron chi connectivity index (χ3n) is 1.76. The van der Waals surface area contributed by atoms with E-state index in [1.165, 1.54) is 27.3 Å². The molecule has 1 radical (unpaired) electrons. The van der Waals surface area contributed by atoms with Crippen LogP contribution in [-0.4, -0.2) is 58.2 Å². The van der Waals surface area contributed by atoms with Crippen molar-refractivity contribution in [2.45, 2.75) is 19.3 Å². The Morgan fingerprint density at radius 2 is 1.75 bits per heavy atom. The fourth-order valence-corrected chi connectivity index (χ4v) is 0.885. The number of methoxy groups -OCH3 is 2. The minimum atomic E-state index is -0.420. The van der Waals surface area contributed by atoms with E-state index in [9.17, 15) is 9.59 Å². The molecule has 0 saturated carbocycles. The normalized spacial score (nSPS) is 8.65. The van der Waals surface area contributed by atoms with Crippen molar-refractivity contribution in [3.05, 3.63) is 6.61 Å². The topological polar surface area (TPSA) is 82.1 Å². The van der Waals surface area contributed by atoms with Crippen molar-refractivity contribution in [2.24, 2.45) is 0 Å². The third kappa shape index (κ3) is 22.6. The molecule has 0 atom stereocenters. The van der Waals surface area contributed by atoms with Gasteiger partial charge in [0, 0.05) is 46.2 Å². The van der Waals surface area contributed by atoms with E-state index in [2.05, 4.69) is 9.47 Å².